The fraction of sp³-hybridized carbons (Fsp3) is 0.286. The molecule has 1 aromatic heterocycles. The summed E-state index contributed by atoms with van der Waals surface area (Å²) in [6.07, 6.45) is 4.79. The predicted octanol–water partition coefficient (Wildman–Crippen LogP) is 3.91. The summed E-state index contributed by atoms with van der Waals surface area (Å²) in [6, 6.07) is 8.92. The van der Waals surface area contributed by atoms with Gasteiger partial charge in [0.25, 0.3) is 0 Å². The Bertz CT molecular complexity index is 520. The first-order chi connectivity index (χ1) is 8.34. The molecule has 2 aromatic rings. The Morgan fingerprint density at radius 2 is 2.12 bits per heavy atom. The molecule has 0 aliphatic heterocycles. The van der Waals surface area contributed by atoms with E-state index in [1.54, 1.807) is 18.4 Å². The molecule has 1 N–H and O–H groups in total. The second-order valence-electron chi connectivity index (χ2n) is 4.37. The maximum atomic E-state index is 13.6. The lowest BCUT2D eigenvalue weighted by molar-refractivity contribution is 0.461. The molecule has 1 aliphatic carbocycles. The lowest BCUT2D eigenvalue weighted by atomic mass is 9.93. The molecule has 0 saturated heterocycles. The number of hydrogen-bond acceptors (Lipinski definition) is 2. The number of fused-ring (bicyclic) bond motifs is 1. The van der Waals surface area contributed by atoms with Crippen LogP contribution in [-0.4, -0.2) is 0 Å². The molecule has 1 unspecified atom stereocenters. The SMILES string of the molecule is Fc1ccccc1NC1CCCc2occc21. The number of furan rings is 1. The lowest BCUT2D eigenvalue weighted by Crippen LogP contribution is -2.16. The van der Waals surface area contributed by atoms with Gasteiger partial charge < -0.3 is 9.73 Å². The smallest absolute Gasteiger partial charge is 0.146 e. The molecule has 0 spiro atoms. The largest absolute Gasteiger partial charge is 0.469 e. The van der Waals surface area contributed by atoms with Crippen LogP contribution in [0.15, 0.2) is 41.0 Å². The van der Waals surface area contributed by atoms with Gasteiger partial charge in [-0.15, -0.1) is 0 Å². The van der Waals surface area contributed by atoms with Gasteiger partial charge in [-0.3, -0.25) is 0 Å². The summed E-state index contributed by atoms with van der Waals surface area (Å²) in [5.41, 5.74) is 1.73. The Hall–Kier alpha value is -1.77. The molecule has 17 heavy (non-hydrogen) atoms. The first kappa shape index (κ1) is 10.4. The van der Waals surface area contributed by atoms with Crippen LogP contribution in [-0.2, 0) is 6.42 Å². The summed E-state index contributed by atoms with van der Waals surface area (Å²) in [7, 11) is 0. The number of halogens is 1. The number of nitrogens with one attached hydrogen (secondary N) is 1. The minimum Gasteiger partial charge on any atom is -0.469 e. The van der Waals surface area contributed by atoms with Gasteiger partial charge in [-0.05, 0) is 31.0 Å². The molecule has 0 bridgehead atoms. The highest BCUT2D eigenvalue weighted by Crippen LogP contribution is 2.33. The van der Waals surface area contributed by atoms with E-state index in [0.29, 0.717) is 5.69 Å². The molecular weight excluding hydrogens is 217 g/mol. The highest BCUT2D eigenvalue weighted by atomic mass is 19.1. The highest BCUT2D eigenvalue weighted by Gasteiger charge is 2.22. The fourth-order valence-corrected chi connectivity index (χ4v) is 2.40. The number of hydrogen-bond donors (Lipinski definition) is 1. The van der Waals surface area contributed by atoms with Crippen LogP contribution in [0.3, 0.4) is 0 Å². The molecule has 0 fully saturated rings. The van der Waals surface area contributed by atoms with Gasteiger partial charge >= 0.3 is 0 Å². The van der Waals surface area contributed by atoms with Crippen molar-refractivity contribution in [3.63, 3.8) is 0 Å². The maximum Gasteiger partial charge on any atom is 0.146 e. The van der Waals surface area contributed by atoms with Gasteiger partial charge in [-0.2, -0.15) is 0 Å². The van der Waals surface area contributed by atoms with Gasteiger partial charge in [0, 0.05) is 12.0 Å². The Labute approximate surface area is 99.5 Å². The van der Waals surface area contributed by atoms with Gasteiger partial charge in [-0.1, -0.05) is 12.1 Å². The lowest BCUT2D eigenvalue weighted by Gasteiger charge is -2.23. The minimum absolute atomic E-state index is 0.161. The van der Waals surface area contributed by atoms with Crippen LogP contribution in [0.4, 0.5) is 10.1 Å². The number of rotatable bonds is 2. The van der Waals surface area contributed by atoms with Crippen molar-refractivity contribution in [3.8, 4) is 0 Å². The first-order valence-corrected chi connectivity index (χ1v) is 5.92. The van der Waals surface area contributed by atoms with E-state index < -0.39 is 0 Å². The number of benzene rings is 1. The van der Waals surface area contributed by atoms with Gasteiger partial charge in [0.2, 0.25) is 0 Å². The second kappa shape index (κ2) is 4.24. The van der Waals surface area contributed by atoms with Crippen molar-refractivity contribution in [1.29, 1.82) is 0 Å². The molecule has 3 rings (SSSR count). The molecule has 3 heteroatoms. The van der Waals surface area contributed by atoms with Gasteiger partial charge in [0.05, 0.1) is 18.0 Å². The third-order valence-corrected chi connectivity index (χ3v) is 3.26. The second-order valence-corrected chi connectivity index (χ2v) is 4.37. The van der Waals surface area contributed by atoms with Crippen LogP contribution in [0.1, 0.15) is 30.2 Å². The van der Waals surface area contributed by atoms with Crippen LogP contribution in [0.5, 0.6) is 0 Å². The Kier molecular flexibility index (Phi) is 2.59. The Morgan fingerprint density at radius 3 is 3.00 bits per heavy atom. The van der Waals surface area contributed by atoms with Crippen molar-refractivity contribution in [2.24, 2.45) is 0 Å². The van der Waals surface area contributed by atoms with Gasteiger partial charge in [-0.25, -0.2) is 4.39 Å². The summed E-state index contributed by atoms with van der Waals surface area (Å²) in [5, 5.41) is 3.26. The summed E-state index contributed by atoms with van der Waals surface area (Å²) in [4.78, 5) is 0. The molecule has 88 valence electrons. The number of para-hydroxylation sites is 1. The van der Waals surface area contributed by atoms with Gasteiger partial charge in [0.1, 0.15) is 11.6 Å². The van der Waals surface area contributed by atoms with Crippen LogP contribution in [0.2, 0.25) is 0 Å². The van der Waals surface area contributed by atoms with Crippen molar-refractivity contribution < 1.29 is 8.81 Å². The summed E-state index contributed by atoms with van der Waals surface area (Å²) < 4.78 is 19.0. The van der Waals surface area contributed by atoms with Crippen LogP contribution < -0.4 is 5.32 Å². The average molecular weight is 231 g/mol. The Morgan fingerprint density at radius 1 is 1.24 bits per heavy atom. The van der Waals surface area contributed by atoms with Crippen LogP contribution >= 0.6 is 0 Å². The molecular formula is C14H14FNO. The topological polar surface area (TPSA) is 25.2 Å². The third-order valence-electron chi connectivity index (χ3n) is 3.26. The first-order valence-electron chi connectivity index (χ1n) is 5.92. The molecule has 1 aliphatic rings. The molecule has 0 radical (unpaired) electrons. The van der Waals surface area contributed by atoms with Crippen molar-refractivity contribution in [2.75, 3.05) is 5.32 Å². The van der Waals surface area contributed by atoms with E-state index in [2.05, 4.69) is 5.32 Å². The fourth-order valence-electron chi connectivity index (χ4n) is 2.40. The summed E-state index contributed by atoms with van der Waals surface area (Å²) >= 11 is 0. The molecule has 1 aromatic carbocycles. The predicted molar refractivity (Wildman–Crippen MR) is 64.4 cm³/mol. The summed E-state index contributed by atoms with van der Waals surface area (Å²) in [5.74, 6) is 0.827. The molecule has 1 atom stereocenters. The number of anilines is 1. The van der Waals surface area contributed by atoms with Gasteiger partial charge in [0.15, 0.2) is 0 Å². The van der Waals surface area contributed by atoms with Crippen molar-refractivity contribution in [1.82, 2.24) is 0 Å². The van der Waals surface area contributed by atoms with E-state index in [9.17, 15) is 4.39 Å². The average Bonchev–Trinajstić information content (AvgIpc) is 2.81. The minimum atomic E-state index is -0.205. The van der Waals surface area contributed by atoms with Crippen molar-refractivity contribution >= 4 is 5.69 Å². The van der Waals surface area contributed by atoms with E-state index in [0.717, 1.165) is 25.0 Å². The van der Waals surface area contributed by atoms with E-state index in [1.165, 1.54) is 11.6 Å². The monoisotopic (exact) mass is 231 g/mol. The highest BCUT2D eigenvalue weighted by molar-refractivity contribution is 5.47. The van der Waals surface area contributed by atoms with Crippen LogP contribution in [0.25, 0.3) is 0 Å². The third kappa shape index (κ3) is 1.93. The maximum absolute atomic E-state index is 13.6. The molecule has 2 nitrogen and oxygen atoms in total. The van der Waals surface area contributed by atoms with Crippen molar-refractivity contribution in [3.05, 3.63) is 53.7 Å². The zero-order valence-electron chi connectivity index (χ0n) is 9.45. The quantitative estimate of drug-likeness (QED) is 0.847. The normalized spacial score (nSPS) is 18.8. The molecule has 1 heterocycles. The Balaban J connectivity index is 1.86. The molecule has 0 amide bonds. The van der Waals surface area contributed by atoms with Crippen LogP contribution in [0, 0.1) is 5.82 Å². The van der Waals surface area contributed by atoms with E-state index in [-0.39, 0.29) is 11.9 Å². The standard InChI is InChI=1S/C14H14FNO/c15-11-4-1-2-5-13(11)16-12-6-3-7-14-10(12)8-9-17-14/h1-2,4-5,8-9,12,16H,3,6-7H2. The summed E-state index contributed by atoms with van der Waals surface area (Å²) in [6.45, 7) is 0. The zero-order chi connectivity index (χ0) is 11.7. The van der Waals surface area contributed by atoms with E-state index in [1.807, 2.05) is 12.1 Å². The van der Waals surface area contributed by atoms with E-state index >= 15 is 0 Å². The number of aryl methyl sites for hydroxylation is 1. The van der Waals surface area contributed by atoms with E-state index in [4.69, 9.17) is 4.42 Å². The van der Waals surface area contributed by atoms with Crippen molar-refractivity contribution in [2.45, 2.75) is 25.3 Å². The zero-order valence-corrected chi connectivity index (χ0v) is 9.45. The molecule has 0 saturated carbocycles.